The number of benzene rings is 4. The van der Waals surface area contributed by atoms with Crippen molar-refractivity contribution in [1.29, 1.82) is 0 Å². The monoisotopic (exact) mass is 377 g/mol. The molecule has 1 heterocycles. The zero-order valence-electron chi connectivity index (χ0n) is 16.5. The highest BCUT2D eigenvalue weighted by Gasteiger charge is 2.17. The molecule has 29 heavy (non-hydrogen) atoms. The molecule has 0 aliphatic heterocycles. The SMILES string of the molecule is Cc1c[c]c2c3c(C(N)=O)cccc3n(Cc3ccc(C)c4ccccc34)c2c1. The maximum Gasteiger partial charge on any atom is 0.249 e. The fourth-order valence-corrected chi connectivity index (χ4v) is 4.36. The summed E-state index contributed by atoms with van der Waals surface area (Å²) in [5.74, 6) is -0.413. The third-order valence-corrected chi connectivity index (χ3v) is 5.77. The van der Waals surface area contributed by atoms with Crippen LogP contribution in [0.1, 0.15) is 27.0 Å². The Hall–Kier alpha value is -3.59. The number of carbonyl (C=O) groups excluding carboxylic acids is 1. The van der Waals surface area contributed by atoms with Gasteiger partial charge in [-0.05, 0) is 65.6 Å². The van der Waals surface area contributed by atoms with Gasteiger partial charge in [0.1, 0.15) is 0 Å². The molecule has 1 aromatic heterocycles. The second kappa shape index (κ2) is 6.49. The van der Waals surface area contributed by atoms with Crippen molar-refractivity contribution in [2.24, 2.45) is 5.73 Å². The van der Waals surface area contributed by atoms with Crippen LogP contribution in [0, 0.1) is 19.9 Å². The van der Waals surface area contributed by atoms with Gasteiger partial charge in [0, 0.05) is 22.9 Å². The van der Waals surface area contributed by atoms with Crippen molar-refractivity contribution < 1.29 is 4.79 Å². The number of hydrogen-bond acceptors (Lipinski definition) is 1. The van der Waals surface area contributed by atoms with E-state index in [1.807, 2.05) is 12.1 Å². The fraction of sp³-hybridized carbons (Fsp3) is 0.115. The summed E-state index contributed by atoms with van der Waals surface area (Å²) in [6.07, 6.45) is 0. The second-order valence-corrected chi connectivity index (χ2v) is 7.67. The van der Waals surface area contributed by atoms with Crippen LogP contribution < -0.4 is 5.73 Å². The molecule has 0 aliphatic carbocycles. The summed E-state index contributed by atoms with van der Waals surface area (Å²) in [6.45, 7) is 4.92. The lowest BCUT2D eigenvalue weighted by atomic mass is 10.0. The van der Waals surface area contributed by atoms with Gasteiger partial charge in [-0.3, -0.25) is 4.79 Å². The van der Waals surface area contributed by atoms with Crippen LogP contribution in [0.15, 0.2) is 66.7 Å². The smallest absolute Gasteiger partial charge is 0.249 e. The number of primary amides is 1. The van der Waals surface area contributed by atoms with Crippen molar-refractivity contribution in [3.05, 3.63) is 95.1 Å². The first-order valence-corrected chi connectivity index (χ1v) is 9.75. The van der Waals surface area contributed by atoms with Gasteiger partial charge in [0.2, 0.25) is 5.91 Å². The molecular weight excluding hydrogens is 356 g/mol. The van der Waals surface area contributed by atoms with E-state index in [0.717, 1.165) is 27.4 Å². The number of rotatable bonds is 3. The summed E-state index contributed by atoms with van der Waals surface area (Å²) in [4.78, 5) is 12.1. The zero-order valence-corrected chi connectivity index (χ0v) is 16.5. The lowest BCUT2D eigenvalue weighted by molar-refractivity contribution is 0.100. The molecule has 0 fully saturated rings. The van der Waals surface area contributed by atoms with E-state index in [2.05, 4.69) is 73.0 Å². The van der Waals surface area contributed by atoms with Crippen LogP contribution in [0.25, 0.3) is 32.6 Å². The van der Waals surface area contributed by atoms with E-state index in [0.29, 0.717) is 12.1 Å². The number of nitrogens with zero attached hydrogens (tertiary/aromatic N) is 1. The van der Waals surface area contributed by atoms with Gasteiger partial charge >= 0.3 is 0 Å². The Morgan fingerprint density at radius 2 is 1.76 bits per heavy atom. The number of hydrogen-bond donors (Lipinski definition) is 1. The van der Waals surface area contributed by atoms with Crippen LogP contribution in [0.4, 0.5) is 0 Å². The van der Waals surface area contributed by atoms with Gasteiger partial charge in [0.25, 0.3) is 0 Å². The number of fused-ring (bicyclic) bond motifs is 4. The lowest BCUT2D eigenvalue weighted by Crippen LogP contribution is -2.11. The normalized spacial score (nSPS) is 11.5. The van der Waals surface area contributed by atoms with Crippen molar-refractivity contribution in [2.45, 2.75) is 20.4 Å². The van der Waals surface area contributed by atoms with E-state index in [1.54, 1.807) is 6.07 Å². The highest BCUT2D eigenvalue weighted by molar-refractivity contribution is 6.17. The molecule has 0 saturated carbocycles. The Morgan fingerprint density at radius 3 is 2.55 bits per heavy atom. The van der Waals surface area contributed by atoms with Crippen molar-refractivity contribution in [3.63, 3.8) is 0 Å². The summed E-state index contributed by atoms with van der Waals surface area (Å²) in [6, 6.07) is 26.1. The quantitative estimate of drug-likeness (QED) is 0.443. The largest absolute Gasteiger partial charge is 0.366 e. The maximum absolute atomic E-state index is 12.1. The molecule has 4 aromatic carbocycles. The average molecular weight is 377 g/mol. The van der Waals surface area contributed by atoms with Crippen molar-refractivity contribution in [2.75, 3.05) is 0 Å². The summed E-state index contributed by atoms with van der Waals surface area (Å²) in [7, 11) is 0. The molecule has 0 bridgehead atoms. The van der Waals surface area contributed by atoms with Gasteiger partial charge < -0.3 is 10.3 Å². The average Bonchev–Trinajstić information content (AvgIpc) is 3.03. The van der Waals surface area contributed by atoms with Crippen LogP contribution >= 0.6 is 0 Å². The molecule has 3 heteroatoms. The van der Waals surface area contributed by atoms with Gasteiger partial charge in [-0.25, -0.2) is 0 Å². The topological polar surface area (TPSA) is 48.0 Å². The molecule has 0 unspecified atom stereocenters. The predicted octanol–water partition coefficient (Wildman–Crippen LogP) is 5.51. The summed E-state index contributed by atoms with van der Waals surface area (Å²) in [5.41, 5.74) is 12.0. The first-order valence-electron chi connectivity index (χ1n) is 9.75. The molecular formula is C26H21N2O. The number of carbonyl (C=O) groups is 1. The molecule has 5 aromatic rings. The predicted molar refractivity (Wildman–Crippen MR) is 119 cm³/mol. The van der Waals surface area contributed by atoms with Gasteiger partial charge in [-0.2, -0.15) is 0 Å². The minimum atomic E-state index is -0.413. The van der Waals surface area contributed by atoms with E-state index in [-0.39, 0.29) is 0 Å². The summed E-state index contributed by atoms with van der Waals surface area (Å²) >= 11 is 0. The molecule has 3 nitrogen and oxygen atoms in total. The second-order valence-electron chi connectivity index (χ2n) is 7.67. The standard InChI is InChI=1S/C26H21N2O/c1-16-10-13-21-24(14-16)28(23-9-5-8-22(25(21)23)26(27)29)15-18-12-11-17(2)19-6-3-4-7-20(18)19/h3-12,14H,15H2,1-2H3,(H2,27,29). The zero-order chi connectivity index (χ0) is 20.1. The van der Waals surface area contributed by atoms with E-state index in [1.165, 1.54) is 21.9 Å². The Kier molecular flexibility index (Phi) is 3.92. The van der Waals surface area contributed by atoms with Crippen LogP contribution in [-0.4, -0.2) is 10.5 Å². The Bertz CT molecular complexity index is 1430. The number of aromatic nitrogens is 1. The van der Waals surface area contributed by atoms with E-state index >= 15 is 0 Å². The molecule has 2 N–H and O–H groups in total. The fourth-order valence-electron chi connectivity index (χ4n) is 4.36. The Balaban J connectivity index is 1.84. The van der Waals surface area contributed by atoms with Gasteiger partial charge in [0.15, 0.2) is 0 Å². The van der Waals surface area contributed by atoms with Crippen LogP contribution in [-0.2, 0) is 6.54 Å². The van der Waals surface area contributed by atoms with Crippen molar-refractivity contribution in [1.82, 2.24) is 4.57 Å². The van der Waals surface area contributed by atoms with Crippen LogP contribution in [0.2, 0.25) is 0 Å². The van der Waals surface area contributed by atoms with Gasteiger partial charge in [-0.15, -0.1) is 0 Å². The van der Waals surface area contributed by atoms with Crippen LogP contribution in [0.3, 0.4) is 0 Å². The molecule has 0 saturated heterocycles. The van der Waals surface area contributed by atoms with Gasteiger partial charge in [-0.1, -0.05) is 48.5 Å². The first-order chi connectivity index (χ1) is 14.0. The highest BCUT2D eigenvalue weighted by Crippen LogP contribution is 2.33. The van der Waals surface area contributed by atoms with E-state index in [9.17, 15) is 4.79 Å². The number of amides is 1. The molecule has 141 valence electrons. The highest BCUT2D eigenvalue weighted by atomic mass is 16.1. The molecule has 1 amide bonds. The third-order valence-electron chi connectivity index (χ3n) is 5.77. The maximum atomic E-state index is 12.1. The minimum Gasteiger partial charge on any atom is -0.366 e. The Morgan fingerprint density at radius 1 is 0.966 bits per heavy atom. The first kappa shape index (κ1) is 17.5. The molecule has 0 spiro atoms. The molecule has 0 atom stereocenters. The molecule has 5 rings (SSSR count). The summed E-state index contributed by atoms with van der Waals surface area (Å²) < 4.78 is 2.28. The minimum absolute atomic E-state index is 0.413. The van der Waals surface area contributed by atoms with Gasteiger partial charge in [0.05, 0.1) is 11.0 Å². The summed E-state index contributed by atoms with van der Waals surface area (Å²) in [5, 5.41) is 4.35. The number of nitrogens with two attached hydrogens (primary N) is 1. The van der Waals surface area contributed by atoms with E-state index in [4.69, 9.17) is 5.73 Å². The number of aryl methyl sites for hydroxylation is 2. The van der Waals surface area contributed by atoms with Crippen molar-refractivity contribution in [3.8, 4) is 0 Å². The lowest BCUT2D eigenvalue weighted by Gasteiger charge is -2.12. The van der Waals surface area contributed by atoms with E-state index < -0.39 is 5.91 Å². The van der Waals surface area contributed by atoms with Crippen molar-refractivity contribution >= 4 is 38.5 Å². The third kappa shape index (κ3) is 2.70. The van der Waals surface area contributed by atoms with Crippen LogP contribution in [0.5, 0.6) is 0 Å². The Labute approximate surface area is 169 Å². The molecule has 1 radical (unpaired) electrons. The molecule has 0 aliphatic rings.